The molecule has 0 bridgehead atoms. The maximum Gasteiger partial charge on any atom is 0.204 e. The van der Waals surface area contributed by atoms with Gasteiger partial charge in [-0.3, -0.25) is 4.90 Å². The second kappa shape index (κ2) is 2.85. The number of hydrogen-bond donors (Lipinski definition) is 0. The Kier molecular flexibility index (Phi) is 1.81. The van der Waals surface area contributed by atoms with Gasteiger partial charge in [0.15, 0.2) is 0 Å². The fraction of sp³-hybridized carbons (Fsp3) is 0.500. The van der Waals surface area contributed by atoms with Gasteiger partial charge in [0.1, 0.15) is 5.82 Å². The molecule has 0 radical (unpaired) electrons. The van der Waals surface area contributed by atoms with Gasteiger partial charge in [-0.25, -0.2) is 9.97 Å². The van der Waals surface area contributed by atoms with Crippen molar-refractivity contribution in [1.82, 2.24) is 14.9 Å². The Bertz CT molecular complexity index is 363. The lowest BCUT2D eigenvalue weighted by molar-refractivity contribution is 0.351. The van der Waals surface area contributed by atoms with Crippen molar-refractivity contribution in [2.75, 3.05) is 7.05 Å². The van der Waals surface area contributed by atoms with Crippen LogP contribution >= 0.6 is 0 Å². The van der Waals surface area contributed by atoms with E-state index in [0.717, 1.165) is 24.3 Å². The normalized spacial score (nSPS) is 15.8. The highest BCUT2D eigenvalue weighted by molar-refractivity contribution is 5.43. The molecular formula is C8H10N4O. The molecule has 0 fully saturated rings. The van der Waals surface area contributed by atoms with Crippen LogP contribution < -0.4 is 0 Å². The van der Waals surface area contributed by atoms with Crippen molar-refractivity contribution in [1.29, 1.82) is 0 Å². The first-order valence-corrected chi connectivity index (χ1v) is 4.09. The summed E-state index contributed by atoms with van der Waals surface area (Å²) in [6.07, 6.45) is 0. The average Bonchev–Trinajstić information content (AvgIpc) is 2.43. The van der Waals surface area contributed by atoms with E-state index in [1.54, 1.807) is 6.92 Å². The highest BCUT2D eigenvalue weighted by Gasteiger charge is 2.22. The minimum absolute atomic E-state index is 0.298. The number of hydrogen-bond acceptors (Lipinski definition) is 5. The number of aromatic nitrogens is 2. The monoisotopic (exact) mass is 178 g/mol. The first-order chi connectivity index (χ1) is 6.20. The van der Waals surface area contributed by atoms with Crippen LogP contribution in [0.4, 0.5) is 5.82 Å². The van der Waals surface area contributed by atoms with Crippen LogP contribution in [-0.4, -0.2) is 21.9 Å². The highest BCUT2D eigenvalue weighted by Crippen LogP contribution is 2.26. The van der Waals surface area contributed by atoms with E-state index in [1.165, 1.54) is 0 Å². The molecule has 1 aliphatic heterocycles. The summed E-state index contributed by atoms with van der Waals surface area (Å²) < 4.78 is 0. The Morgan fingerprint density at radius 1 is 1.38 bits per heavy atom. The summed E-state index contributed by atoms with van der Waals surface area (Å²) >= 11 is 0. The van der Waals surface area contributed by atoms with Crippen molar-refractivity contribution >= 4 is 5.82 Å². The Morgan fingerprint density at radius 2 is 2.15 bits per heavy atom. The predicted molar refractivity (Wildman–Crippen MR) is 47.4 cm³/mol. The van der Waals surface area contributed by atoms with Crippen LogP contribution in [0.5, 0.6) is 0 Å². The van der Waals surface area contributed by atoms with E-state index in [9.17, 15) is 4.91 Å². The molecule has 2 heterocycles. The first kappa shape index (κ1) is 8.25. The van der Waals surface area contributed by atoms with E-state index in [2.05, 4.69) is 20.0 Å². The third-order valence-electron chi connectivity index (χ3n) is 2.12. The standard InChI is InChI=1S/C8H10N4O/c1-5-9-7-4-12(2)3-6(7)8(10-5)11-13/h3-4H2,1-2H3. The number of fused-ring (bicyclic) bond motifs is 1. The van der Waals surface area contributed by atoms with Crippen LogP contribution in [0.1, 0.15) is 17.1 Å². The molecule has 0 aliphatic carbocycles. The molecule has 13 heavy (non-hydrogen) atoms. The summed E-state index contributed by atoms with van der Waals surface area (Å²) in [5.74, 6) is 0.913. The third-order valence-corrected chi connectivity index (χ3v) is 2.12. The Hall–Kier alpha value is -1.36. The van der Waals surface area contributed by atoms with Crippen molar-refractivity contribution in [3.05, 3.63) is 22.0 Å². The van der Waals surface area contributed by atoms with Gasteiger partial charge in [-0.05, 0) is 19.1 Å². The number of nitrogens with zero attached hydrogens (tertiary/aromatic N) is 4. The lowest BCUT2D eigenvalue weighted by atomic mass is 10.2. The van der Waals surface area contributed by atoms with Crippen LogP contribution in [0.15, 0.2) is 5.18 Å². The van der Waals surface area contributed by atoms with Gasteiger partial charge in [-0.15, -0.1) is 4.91 Å². The summed E-state index contributed by atoms with van der Waals surface area (Å²) in [6, 6.07) is 0. The SMILES string of the molecule is Cc1nc2c(c(N=O)n1)CN(C)C2. The molecule has 0 amide bonds. The summed E-state index contributed by atoms with van der Waals surface area (Å²) in [5.41, 5.74) is 1.81. The van der Waals surface area contributed by atoms with E-state index in [0.29, 0.717) is 11.6 Å². The van der Waals surface area contributed by atoms with Crippen molar-refractivity contribution in [2.24, 2.45) is 5.18 Å². The number of rotatable bonds is 1. The molecule has 0 spiro atoms. The van der Waals surface area contributed by atoms with Gasteiger partial charge in [-0.2, -0.15) is 0 Å². The molecule has 0 saturated heterocycles. The zero-order valence-corrected chi connectivity index (χ0v) is 7.61. The topological polar surface area (TPSA) is 58.5 Å². The van der Waals surface area contributed by atoms with Crippen molar-refractivity contribution in [3.8, 4) is 0 Å². The lowest BCUT2D eigenvalue weighted by Gasteiger charge is -2.02. The summed E-state index contributed by atoms with van der Waals surface area (Å²) in [7, 11) is 1.98. The smallest absolute Gasteiger partial charge is 0.204 e. The van der Waals surface area contributed by atoms with Gasteiger partial charge in [-0.1, -0.05) is 0 Å². The molecule has 1 aromatic rings. The summed E-state index contributed by atoms with van der Waals surface area (Å²) in [5, 5.41) is 2.91. The first-order valence-electron chi connectivity index (χ1n) is 4.09. The minimum atomic E-state index is 0.298. The molecule has 0 N–H and O–H groups in total. The molecule has 0 unspecified atom stereocenters. The van der Waals surface area contributed by atoms with E-state index < -0.39 is 0 Å². The largest absolute Gasteiger partial charge is 0.296 e. The lowest BCUT2D eigenvalue weighted by Crippen LogP contribution is -2.07. The van der Waals surface area contributed by atoms with E-state index in [1.807, 2.05) is 7.05 Å². The number of aryl methyl sites for hydroxylation is 1. The van der Waals surface area contributed by atoms with Crippen LogP contribution in [0.25, 0.3) is 0 Å². The fourth-order valence-electron chi connectivity index (χ4n) is 1.59. The molecule has 5 heteroatoms. The minimum Gasteiger partial charge on any atom is -0.296 e. The maximum atomic E-state index is 10.5. The van der Waals surface area contributed by atoms with Crippen LogP contribution in [0.2, 0.25) is 0 Å². The second-order valence-corrected chi connectivity index (χ2v) is 3.28. The van der Waals surface area contributed by atoms with Gasteiger partial charge < -0.3 is 0 Å². The predicted octanol–water partition coefficient (Wildman–Crippen LogP) is 1.13. The van der Waals surface area contributed by atoms with Gasteiger partial charge in [0, 0.05) is 18.7 Å². The molecule has 5 nitrogen and oxygen atoms in total. The van der Waals surface area contributed by atoms with Gasteiger partial charge >= 0.3 is 0 Å². The molecule has 0 aromatic carbocycles. The second-order valence-electron chi connectivity index (χ2n) is 3.28. The Balaban J connectivity index is 2.56. The number of nitroso groups, excluding NO2 is 1. The maximum absolute atomic E-state index is 10.5. The highest BCUT2D eigenvalue weighted by atomic mass is 16.3. The molecule has 0 atom stereocenters. The zero-order chi connectivity index (χ0) is 9.42. The Morgan fingerprint density at radius 3 is 2.85 bits per heavy atom. The zero-order valence-electron chi connectivity index (χ0n) is 7.61. The molecule has 68 valence electrons. The molecule has 1 aromatic heterocycles. The van der Waals surface area contributed by atoms with Gasteiger partial charge in [0.25, 0.3) is 0 Å². The fourth-order valence-corrected chi connectivity index (χ4v) is 1.59. The van der Waals surface area contributed by atoms with E-state index in [4.69, 9.17) is 0 Å². The van der Waals surface area contributed by atoms with E-state index >= 15 is 0 Å². The van der Waals surface area contributed by atoms with Gasteiger partial charge in [0.05, 0.1) is 5.69 Å². The summed E-state index contributed by atoms with van der Waals surface area (Å²) in [4.78, 5) is 20.8. The third kappa shape index (κ3) is 1.31. The van der Waals surface area contributed by atoms with Crippen molar-refractivity contribution < 1.29 is 0 Å². The van der Waals surface area contributed by atoms with Crippen molar-refractivity contribution in [2.45, 2.75) is 20.0 Å². The van der Waals surface area contributed by atoms with E-state index in [-0.39, 0.29) is 0 Å². The molecule has 2 rings (SSSR count). The average molecular weight is 178 g/mol. The van der Waals surface area contributed by atoms with Crippen LogP contribution in [0.3, 0.4) is 0 Å². The van der Waals surface area contributed by atoms with Crippen molar-refractivity contribution in [3.63, 3.8) is 0 Å². The molecule has 0 saturated carbocycles. The van der Waals surface area contributed by atoms with Crippen LogP contribution in [0, 0.1) is 11.8 Å². The molecular weight excluding hydrogens is 168 g/mol. The van der Waals surface area contributed by atoms with Crippen LogP contribution in [-0.2, 0) is 13.1 Å². The Labute approximate surface area is 75.8 Å². The molecule has 1 aliphatic rings. The summed E-state index contributed by atoms with van der Waals surface area (Å²) in [6.45, 7) is 3.27. The quantitative estimate of drug-likeness (QED) is 0.605. The van der Waals surface area contributed by atoms with Gasteiger partial charge in [0.2, 0.25) is 5.82 Å².